The van der Waals surface area contributed by atoms with Crippen molar-refractivity contribution in [2.24, 2.45) is 0 Å². The summed E-state index contributed by atoms with van der Waals surface area (Å²) in [5.41, 5.74) is 0. The van der Waals surface area contributed by atoms with Gasteiger partial charge in [-0.15, -0.1) is 11.8 Å². The molecule has 0 amide bonds. The van der Waals surface area contributed by atoms with Gasteiger partial charge < -0.3 is 0 Å². The summed E-state index contributed by atoms with van der Waals surface area (Å²) in [5.74, 6) is 0. The molecule has 0 aromatic carbocycles. The molecule has 0 radical (unpaired) electrons. The fraction of sp³-hybridized carbons (Fsp3) is 0.750. The third kappa shape index (κ3) is 5.06. The van der Waals surface area contributed by atoms with Gasteiger partial charge >= 0.3 is 0 Å². The van der Waals surface area contributed by atoms with Crippen LogP contribution in [-0.2, 0) is 0 Å². The van der Waals surface area contributed by atoms with Gasteiger partial charge in [-0.2, -0.15) is 0 Å². The summed E-state index contributed by atoms with van der Waals surface area (Å²) in [6.07, 6.45) is 4.24. The zero-order valence-corrected chi connectivity index (χ0v) is 11.7. The predicted molar refractivity (Wildman–Crippen MR) is 69.8 cm³/mol. The third-order valence-corrected chi connectivity index (χ3v) is 5.61. The van der Waals surface area contributed by atoms with Crippen molar-refractivity contribution in [3.8, 4) is 0 Å². The maximum absolute atomic E-state index is 2.17. The molecule has 0 aliphatic rings. The molecule has 0 rings (SSSR count). The van der Waals surface area contributed by atoms with Gasteiger partial charge in [-0.1, -0.05) is 11.8 Å². The third-order valence-electron chi connectivity index (χ3n) is 1.32. The maximum atomic E-state index is 2.17. The molecule has 2 nitrogen and oxygen atoms in total. The first-order chi connectivity index (χ1) is 6.02. The number of hydrogen-bond acceptors (Lipinski definition) is 2. The molecule has 0 fully saturated rings. The van der Waals surface area contributed by atoms with Gasteiger partial charge in [0.25, 0.3) is 4.78 Å². The number of nitrogens with zero attached hydrogens (tertiary/aromatic N) is 2. The molecule has 0 N–H and O–H groups in total. The Morgan fingerprint density at radius 2 is 1.69 bits per heavy atom. The second kappa shape index (κ2) is 6.88. The monoisotopic (exact) mass is 237 g/mol. The highest BCUT2D eigenvalue weighted by Crippen LogP contribution is 2.19. The van der Waals surface area contributed by atoms with E-state index in [0.29, 0.717) is 0 Å². The fourth-order valence-corrected chi connectivity index (χ4v) is 3.45. The Bertz CT molecular complexity index is 220. The van der Waals surface area contributed by atoms with Crippen molar-refractivity contribution < 1.29 is 4.58 Å². The van der Waals surface area contributed by atoms with Crippen molar-refractivity contribution in [3.63, 3.8) is 0 Å². The second-order valence-electron chi connectivity index (χ2n) is 2.87. The van der Waals surface area contributed by atoms with Crippen LogP contribution in [0, 0.1) is 0 Å². The minimum Gasteiger partial charge on any atom is -0.272 e. The molecule has 0 saturated carbocycles. The van der Waals surface area contributed by atoms with Gasteiger partial charge in [0.1, 0.15) is 14.1 Å². The fourth-order valence-electron chi connectivity index (χ4n) is 0.738. The molecule has 13 heavy (non-hydrogen) atoms. The van der Waals surface area contributed by atoms with Crippen LogP contribution in [0.15, 0.2) is 0 Å². The highest BCUT2D eigenvalue weighted by molar-refractivity contribution is 8.27. The van der Waals surface area contributed by atoms with Crippen molar-refractivity contribution in [2.75, 3.05) is 40.7 Å². The van der Waals surface area contributed by atoms with E-state index in [2.05, 4.69) is 50.2 Å². The van der Waals surface area contributed by atoms with Crippen molar-refractivity contribution in [2.45, 2.75) is 0 Å². The molecule has 0 unspecified atom stereocenters. The molecule has 0 aliphatic heterocycles. The number of thioether (sulfide) groups is 2. The van der Waals surface area contributed by atoms with E-state index in [9.17, 15) is 0 Å². The van der Waals surface area contributed by atoms with Gasteiger partial charge in [0.15, 0.2) is 0 Å². The summed E-state index contributed by atoms with van der Waals surface area (Å²) in [4.78, 5) is 3.55. The van der Waals surface area contributed by atoms with Gasteiger partial charge in [-0.25, -0.2) is 4.58 Å². The molecule has 0 bridgehead atoms. The molecule has 0 aromatic heterocycles. The normalized spacial score (nSPS) is 12.1. The van der Waals surface area contributed by atoms with E-state index in [-0.39, 0.29) is 0 Å². The number of rotatable bonds is 3. The quantitative estimate of drug-likeness (QED) is 0.320. The first kappa shape index (κ1) is 13.5. The summed E-state index contributed by atoms with van der Waals surface area (Å²) in [5, 5.41) is 0. The van der Waals surface area contributed by atoms with Crippen LogP contribution < -0.4 is 0 Å². The van der Waals surface area contributed by atoms with Crippen LogP contribution in [0.4, 0.5) is 0 Å². The van der Waals surface area contributed by atoms with Crippen LogP contribution in [0.2, 0.25) is 0 Å². The van der Waals surface area contributed by atoms with Crippen molar-refractivity contribution in [1.29, 1.82) is 0 Å². The zero-order valence-electron chi connectivity index (χ0n) is 9.16. The molecule has 0 heterocycles. The maximum Gasteiger partial charge on any atom is 0.261 e. The Morgan fingerprint density at radius 3 is 1.92 bits per heavy atom. The van der Waals surface area contributed by atoms with Gasteiger partial charge in [0.2, 0.25) is 0 Å². The molecular weight excluding hydrogens is 219 g/mol. The molecular formula is C8H18N2PS2+. The summed E-state index contributed by atoms with van der Waals surface area (Å²) in [6, 6.07) is 0. The molecule has 5 heteroatoms. The van der Waals surface area contributed by atoms with Crippen molar-refractivity contribution >= 4 is 41.3 Å². The summed E-state index contributed by atoms with van der Waals surface area (Å²) in [7, 11) is 9.66. The largest absolute Gasteiger partial charge is 0.272 e. The van der Waals surface area contributed by atoms with Crippen LogP contribution in [-0.4, -0.2) is 59.7 Å². The molecule has 76 valence electrons. The van der Waals surface area contributed by atoms with Crippen LogP contribution in [0.25, 0.3) is 0 Å². The smallest absolute Gasteiger partial charge is 0.261 e. The van der Waals surface area contributed by atoms with Crippen molar-refractivity contribution in [3.05, 3.63) is 0 Å². The lowest BCUT2D eigenvalue weighted by Crippen LogP contribution is -2.17. The molecule has 0 aromatic rings. The van der Waals surface area contributed by atoms with E-state index in [0.717, 1.165) is 0 Å². The average molecular weight is 237 g/mol. The van der Waals surface area contributed by atoms with Crippen LogP contribution >= 0.6 is 31.7 Å². The molecule has 0 saturated heterocycles. The Labute approximate surface area is 91.6 Å². The number of hydrogen-bond donors (Lipinski definition) is 0. The Morgan fingerprint density at radius 1 is 1.15 bits per heavy atom. The summed E-state index contributed by atoms with van der Waals surface area (Å²) < 4.78 is 3.55. The second-order valence-corrected chi connectivity index (χ2v) is 6.14. The SMILES string of the molecule is CSC(=PC(SC)=[N+](C)C)N(C)C. The van der Waals surface area contributed by atoms with E-state index in [4.69, 9.17) is 0 Å². The first-order valence-electron chi connectivity index (χ1n) is 3.91. The molecule has 0 spiro atoms. The summed E-state index contributed by atoms with van der Waals surface area (Å²) >= 11 is 3.62. The summed E-state index contributed by atoms with van der Waals surface area (Å²) in [6.45, 7) is 0. The van der Waals surface area contributed by atoms with Crippen LogP contribution in [0.3, 0.4) is 0 Å². The minimum absolute atomic E-state index is 1.30. The van der Waals surface area contributed by atoms with Crippen LogP contribution in [0.5, 0.6) is 0 Å². The van der Waals surface area contributed by atoms with E-state index >= 15 is 0 Å². The predicted octanol–water partition coefficient (Wildman–Crippen LogP) is 1.94. The van der Waals surface area contributed by atoms with Gasteiger partial charge in [-0.05, 0) is 26.6 Å². The van der Waals surface area contributed by atoms with E-state index < -0.39 is 0 Å². The standard InChI is InChI=1S/C8H18N2PS2/c1-9(2)7(12-5)11-8(13-6)10(3)4/h1-6H3/q+1. The topological polar surface area (TPSA) is 6.25 Å². The highest BCUT2D eigenvalue weighted by atomic mass is 32.2. The highest BCUT2D eigenvalue weighted by Gasteiger charge is 2.07. The Kier molecular flexibility index (Phi) is 7.15. The molecule has 0 atom stereocenters. The van der Waals surface area contributed by atoms with Crippen molar-refractivity contribution in [1.82, 2.24) is 4.90 Å². The Hall–Kier alpha value is 0.500. The lowest BCUT2D eigenvalue weighted by molar-refractivity contribution is -0.458. The minimum atomic E-state index is 1.30. The zero-order chi connectivity index (χ0) is 10.4. The first-order valence-corrected chi connectivity index (χ1v) is 7.25. The van der Waals surface area contributed by atoms with E-state index in [1.54, 1.807) is 0 Å². The van der Waals surface area contributed by atoms with Crippen LogP contribution in [0.1, 0.15) is 0 Å². The van der Waals surface area contributed by atoms with E-state index in [1.165, 1.54) is 17.7 Å². The van der Waals surface area contributed by atoms with E-state index in [1.807, 2.05) is 23.5 Å². The van der Waals surface area contributed by atoms with Gasteiger partial charge in [0, 0.05) is 8.20 Å². The van der Waals surface area contributed by atoms with Gasteiger partial charge in [-0.3, -0.25) is 4.90 Å². The van der Waals surface area contributed by atoms with Gasteiger partial charge in [0.05, 0.1) is 4.75 Å². The Balaban J connectivity index is 4.77. The lowest BCUT2D eigenvalue weighted by Gasteiger charge is -2.10. The average Bonchev–Trinajstić information content (AvgIpc) is 2.05. The lowest BCUT2D eigenvalue weighted by atomic mass is 11.0. The molecule has 0 aliphatic carbocycles.